The molecule has 1 heterocycles. The highest BCUT2D eigenvalue weighted by Gasteiger charge is 2.15. The van der Waals surface area contributed by atoms with Crippen molar-refractivity contribution in [3.63, 3.8) is 0 Å². The number of amides is 1. The molecule has 0 saturated carbocycles. The van der Waals surface area contributed by atoms with Crippen LogP contribution < -0.4 is 11.4 Å². The minimum absolute atomic E-state index is 0.144. The Labute approximate surface area is 123 Å². The minimum Gasteiger partial charge on any atom is -0.423 e. The Balaban J connectivity index is 2.45. The molecule has 0 unspecified atom stereocenters. The van der Waals surface area contributed by atoms with Gasteiger partial charge < -0.3 is 10.2 Å². The number of hydrogen-bond donors (Lipinski definition) is 1. The van der Waals surface area contributed by atoms with Crippen LogP contribution >= 0.6 is 0 Å². The van der Waals surface area contributed by atoms with Crippen LogP contribution in [-0.4, -0.2) is 23.4 Å². The fraction of sp³-hybridized carbons (Fsp3) is 0.375. The predicted octanol–water partition coefficient (Wildman–Crippen LogP) is 1.80. The maximum atomic E-state index is 11.7. The van der Waals surface area contributed by atoms with E-state index in [9.17, 15) is 9.59 Å². The number of primary amides is 1. The zero-order valence-electron chi connectivity index (χ0n) is 12.6. The molecule has 0 aliphatic heterocycles. The van der Waals surface area contributed by atoms with E-state index in [-0.39, 0.29) is 24.1 Å². The van der Waals surface area contributed by atoms with E-state index < -0.39 is 0 Å². The molecule has 0 radical (unpaired) electrons. The summed E-state index contributed by atoms with van der Waals surface area (Å²) in [7, 11) is 0. The lowest BCUT2D eigenvalue weighted by molar-refractivity contribution is -0.119. The van der Waals surface area contributed by atoms with E-state index in [1.807, 2.05) is 43.9 Å². The average molecular weight is 288 g/mol. The molecule has 2 rings (SSSR count). The van der Waals surface area contributed by atoms with Crippen molar-refractivity contribution in [2.24, 2.45) is 5.73 Å². The van der Waals surface area contributed by atoms with E-state index in [1.54, 1.807) is 0 Å². The molecule has 0 saturated heterocycles. The van der Waals surface area contributed by atoms with Crippen molar-refractivity contribution in [2.45, 2.75) is 33.4 Å². The van der Waals surface area contributed by atoms with Gasteiger partial charge in [0, 0.05) is 24.0 Å². The number of carbonyl (C=O) groups excluding carboxylic acids is 1. The summed E-state index contributed by atoms with van der Waals surface area (Å²) in [5.41, 5.74) is 7.34. The van der Waals surface area contributed by atoms with Crippen LogP contribution in [0.25, 0.3) is 11.0 Å². The Morgan fingerprint density at radius 3 is 2.67 bits per heavy atom. The monoisotopic (exact) mass is 288 g/mol. The van der Waals surface area contributed by atoms with Gasteiger partial charge in [0.25, 0.3) is 0 Å². The highest BCUT2D eigenvalue weighted by atomic mass is 16.4. The summed E-state index contributed by atoms with van der Waals surface area (Å²) in [6.45, 7) is 6.55. The molecule has 5 nitrogen and oxygen atoms in total. The van der Waals surface area contributed by atoms with Gasteiger partial charge in [-0.05, 0) is 38.0 Å². The molecule has 0 spiro atoms. The van der Waals surface area contributed by atoms with Gasteiger partial charge in [0.1, 0.15) is 5.58 Å². The Bertz CT molecular complexity index is 719. The Hall–Kier alpha value is -2.14. The van der Waals surface area contributed by atoms with Crippen LogP contribution in [0.4, 0.5) is 0 Å². The highest BCUT2D eigenvalue weighted by Crippen LogP contribution is 2.20. The van der Waals surface area contributed by atoms with Gasteiger partial charge in [-0.2, -0.15) is 0 Å². The lowest BCUT2D eigenvalue weighted by Crippen LogP contribution is -2.38. The maximum absolute atomic E-state index is 11.7. The van der Waals surface area contributed by atoms with Gasteiger partial charge in [-0.3, -0.25) is 9.69 Å². The van der Waals surface area contributed by atoms with Gasteiger partial charge >= 0.3 is 5.63 Å². The Morgan fingerprint density at radius 2 is 2.05 bits per heavy atom. The van der Waals surface area contributed by atoms with Gasteiger partial charge in [0.2, 0.25) is 5.91 Å². The molecule has 0 aliphatic carbocycles. The molecule has 0 bridgehead atoms. The zero-order valence-corrected chi connectivity index (χ0v) is 12.6. The smallest absolute Gasteiger partial charge is 0.336 e. The third-order valence-electron chi connectivity index (χ3n) is 3.45. The largest absolute Gasteiger partial charge is 0.423 e. The van der Waals surface area contributed by atoms with Crippen molar-refractivity contribution >= 4 is 16.9 Å². The summed E-state index contributed by atoms with van der Waals surface area (Å²) in [6.07, 6.45) is 0. The van der Waals surface area contributed by atoms with Crippen molar-refractivity contribution in [2.75, 3.05) is 6.54 Å². The summed E-state index contributed by atoms with van der Waals surface area (Å²) < 4.78 is 5.24. The van der Waals surface area contributed by atoms with Crippen molar-refractivity contribution < 1.29 is 9.21 Å². The highest BCUT2D eigenvalue weighted by molar-refractivity contribution is 5.81. The van der Waals surface area contributed by atoms with Gasteiger partial charge in [-0.1, -0.05) is 12.1 Å². The number of hydrogen-bond acceptors (Lipinski definition) is 4. The van der Waals surface area contributed by atoms with Crippen LogP contribution in [0.2, 0.25) is 0 Å². The molecule has 1 aromatic heterocycles. The van der Waals surface area contributed by atoms with Gasteiger partial charge in [-0.25, -0.2) is 4.79 Å². The van der Waals surface area contributed by atoms with E-state index in [0.29, 0.717) is 12.1 Å². The SMILES string of the molecule is Cc1ccc2c(CN(CC(N)=O)C(C)C)cc(=O)oc2c1. The molecule has 1 amide bonds. The second-order valence-electron chi connectivity index (χ2n) is 5.56. The zero-order chi connectivity index (χ0) is 15.6. The fourth-order valence-electron chi connectivity index (χ4n) is 2.31. The lowest BCUT2D eigenvalue weighted by atomic mass is 10.1. The standard InChI is InChI=1S/C16H20N2O3/c1-10(2)18(9-15(17)19)8-12-7-16(20)21-14-6-11(3)4-5-13(12)14/h4-7,10H,8-9H2,1-3H3,(H2,17,19). The van der Waals surface area contributed by atoms with Crippen molar-refractivity contribution in [1.29, 1.82) is 0 Å². The van der Waals surface area contributed by atoms with Gasteiger partial charge in [0.15, 0.2) is 0 Å². The molecule has 0 fully saturated rings. The Morgan fingerprint density at radius 1 is 1.33 bits per heavy atom. The number of aryl methyl sites for hydroxylation is 1. The molecule has 2 N–H and O–H groups in total. The number of nitrogens with two attached hydrogens (primary N) is 1. The van der Waals surface area contributed by atoms with E-state index in [2.05, 4.69) is 0 Å². The van der Waals surface area contributed by atoms with Crippen molar-refractivity contribution in [1.82, 2.24) is 4.90 Å². The van der Waals surface area contributed by atoms with Crippen LogP contribution in [0, 0.1) is 6.92 Å². The van der Waals surface area contributed by atoms with Crippen LogP contribution in [0.5, 0.6) is 0 Å². The number of rotatable bonds is 5. The normalized spacial score (nSPS) is 11.5. The summed E-state index contributed by atoms with van der Waals surface area (Å²) in [6, 6.07) is 7.37. The minimum atomic E-state index is -0.383. The molecule has 0 atom stereocenters. The molecule has 0 aliphatic rings. The van der Waals surface area contributed by atoms with E-state index >= 15 is 0 Å². The van der Waals surface area contributed by atoms with E-state index in [1.165, 1.54) is 6.07 Å². The predicted molar refractivity (Wildman–Crippen MR) is 82.0 cm³/mol. The Kier molecular flexibility index (Phi) is 4.43. The third-order valence-corrected chi connectivity index (χ3v) is 3.45. The first-order chi connectivity index (χ1) is 9.86. The molecule has 21 heavy (non-hydrogen) atoms. The first kappa shape index (κ1) is 15.3. The molecule has 1 aromatic carbocycles. The maximum Gasteiger partial charge on any atom is 0.336 e. The van der Waals surface area contributed by atoms with E-state index in [0.717, 1.165) is 16.5 Å². The second-order valence-corrected chi connectivity index (χ2v) is 5.56. The first-order valence-electron chi connectivity index (χ1n) is 6.92. The summed E-state index contributed by atoms with van der Waals surface area (Å²) in [5, 5.41) is 0.885. The summed E-state index contributed by atoms with van der Waals surface area (Å²) >= 11 is 0. The second kappa shape index (κ2) is 6.10. The molecular weight excluding hydrogens is 268 g/mol. The van der Waals surface area contributed by atoms with Crippen LogP contribution in [-0.2, 0) is 11.3 Å². The summed E-state index contributed by atoms with van der Waals surface area (Å²) in [5.74, 6) is -0.383. The quantitative estimate of drug-likeness (QED) is 0.851. The van der Waals surface area contributed by atoms with Crippen molar-refractivity contribution in [3.05, 3.63) is 45.8 Å². The van der Waals surface area contributed by atoms with Crippen molar-refractivity contribution in [3.8, 4) is 0 Å². The van der Waals surface area contributed by atoms with Crippen LogP contribution in [0.3, 0.4) is 0 Å². The van der Waals surface area contributed by atoms with Crippen LogP contribution in [0.1, 0.15) is 25.0 Å². The topological polar surface area (TPSA) is 76.5 Å². The average Bonchev–Trinajstić information content (AvgIpc) is 2.36. The molecule has 112 valence electrons. The van der Waals surface area contributed by atoms with E-state index in [4.69, 9.17) is 10.2 Å². The van der Waals surface area contributed by atoms with Crippen LogP contribution in [0.15, 0.2) is 33.5 Å². The fourth-order valence-corrected chi connectivity index (χ4v) is 2.31. The first-order valence-corrected chi connectivity index (χ1v) is 6.92. The number of fused-ring (bicyclic) bond motifs is 1. The summed E-state index contributed by atoms with van der Waals surface area (Å²) in [4.78, 5) is 24.8. The molecular formula is C16H20N2O3. The third kappa shape index (κ3) is 3.70. The number of nitrogens with zero attached hydrogens (tertiary/aromatic N) is 1. The molecule has 5 heteroatoms. The van der Waals surface area contributed by atoms with Gasteiger partial charge in [0.05, 0.1) is 6.54 Å². The lowest BCUT2D eigenvalue weighted by Gasteiger charge is -2.25. The van der Waals surface area contributed by atoms with Gasteiger partial charge in [-0.15, -0.1) is 0 Å². The molecule has 2 aromatic rings. The number of benzene rings is 1. The number of carbonyl (C=O) groups is 1.